The molecule has 0 saturated heterocycles. The van der Waals surface area contributed by atoms with E-state index in [4.69, 9.17) is 9.47 Å². The van der Waals surface area contributed by atoms with Gasteiger partial charge in [-0.15, -0.1) is 0 Å². The molecule has 0 fully saturated rings. The number of carbonyl (C=O) groups excluding carboxylic acids is 1. The summed E-state index contributed by atoms with van der Waals surface area (Å²) in [6, 6.07) is 3.85. The van der Waals surface area contributed by atoms with Crippen molar-refractivity contribution in [1.82, 2.24) is 4.90 Å². The Labute approximate surface area is 121 Å². The van der Waals surface area contributed by atoms with Gasteiger partial charge < -0.3 is 9.47 Å². The number of hydrogen-bond donors (Lipinski definition) is 0. The summed E-state index contributed by atoms with van der Waals surface area (Å²) in [7, 11) is 1.64. The van der Waals surface area contributed by atoms with Gasteiger partial charge in [-0.25, -0.2) is 4.79 Å². The fourth-order valence-electron chi connectivity index (χ4n) is 2.07. The first-order valence-electron chi connectivity index (χ1n) is 6.14. The van der Waals surface area contributed by atoms with Gasteiger partial charge in [0.05, 0.1) is 20.2 Å². The smallest absolute Gasteiger partial charge is 0.410 e. The molecule has 1 aliphatic rings. The van der Waals surface area contributed by atoms with Crippen molar-refractivity contribution in [2.75, 3.05) is 7.11 Å². The number of fused-ring (bicyclic) bond motifs is 1. The van der Waals surface area contributed by atoms with Gasteiger partial charge in [-0.1, -0.05) is 15.9 Å². The minimum atomic E-state index is -0.479. The van der Waals surface area contributed by atoms with Crippen LogP contribution in [0.1, 0.15) is 31.9 Å². The molecule has 1 aromatic carbocycles. The molecule has 0 saturated carbocycles. The van der Waals surface area contributed by atoms with Crippen molar-refractivity contribution in [2.45, 2.75) is 39.5 Å². The molecule has 19 heavy (non-hydrogen) atoms. The lowest BCUT2D eigenvalue weighted by atomic mass is 10.1. The largest absolute Gasteiger partial charge is 0.496 e. The van der Waals surface area contributed by atoms with Crippen LogP contribution >= 0.6 is 15.9 Å². The Morgan fingerprint density at radius 1 is 1.26 bits per heavy atom. The van der Waals surface area contributed by atoms with E-state index < -0.39 is 5.60 Å². The summed E-state index contributed by atoms with van der Waals surface area (Å²) in [5.41, 5.74) is 1.65. The molecule has 1 amide bonds. The lowest BCUT2D eigenvalue weighted by Gasteiger charge is -2.24. The van der Waals surface area contributed by atoms with E-state index in [1.807, 2.05) is 32.9 Å². The highest BCUT2D eigenvalue weighted by atomic mass is 79.9. The lowest BCUT2D eigenvalue weighted by Crippen LogP contribution is -2.33. The molecule has 0 atom stereocenters. The predicted octanol–water partition coefficient (Wildman–Crippen LogP) is 3.71. The van der Waals surface area contributed by atoms with Crippen molar-refractivity contribution in [1.29, 1.82) is 0 Å². The minimum Gasteiger partial charge on any atom is -0.496 e. The van der Waals surface area contributed by atoms with Gasteiger partial charge in [0.15, 0.2) is 0 Å². The van der Waals surface area contributed by atoms with Crippen LogP contribution in [-0.2, 0) is 17.8 Å². The summed E-state index contributed by atoms with van der Waals surface area (Å²) in [4.78, 5) is 13.8. The zero-order valence-electron chi connectivity index (χ0n) is 11.6. The summed E-state index contributed by atoms with van der Waals surface area (Å²) < 4.78 is 11.7. The van der Waals surface area contributed by atoms with Crippen LogP contribution in [0.15, 0.2) is 16.6 Å². The molecule has 2 rings (SSSR count). The maximum atomic E-state index is 12.1. The number of rotatable bonds is 1. The lowest BCUT2D eigenvalue weighted by molar-refractivity contribution is 0.0241. The topological polar surface area (TPSA) is 38.8 Å². The van der Waals surface area contributed by atoms with Gasteiger partial charge in [-0.3, -0.25) is 4.90 Å². The van der Waals surface area contributed by atoms with Crippen LogP contribution < -0.4 is 4.74 Å². The Morgan fingerprint density at radius 2 is 1.89 bits per heavy atom. The zero-order valence-corrected chi connectivity index (χ0v) is 13.2. The van der Waals surface area contributed by atoms with E-state index in [1.54, 1.807) is 12.0 Å². The average Bonchev–Trinajstić information content (AvgIpc) is 2.73. The number of benzene rings is 1. The van der Waals surface area contributed by atoms with Crippen molar-refractivity contribution in [3.63, 3.8) is 0 Å². The highest BCUT2D eigenvalue weighted by molar-refractivity contribution is 9.10. The molecular formula is C14H18BrNO3. The van der Waals surface area contributed by atoms with Crippen LogP contribution in [0.25, 0.3) is 0 Å². The number of hydrogen-bond acceptors (Lipinski definition) is 3. The van der Waals surface area contributed by atoms with E-state index in [0.717, 1.165) is 21.3 Å². The van der Waals surface area contributed by atoms with Crippen LogP contribution in [0.3, 0.4) is 0 Å². The summed E-state index contributed by atoms with van der Waals surface area (Å²) in [6.07, 6.45) is -0.294. The fraction of sp³-hybridized carbons (Fsp3) is 0.500. The Kier molecular flexibility index (Phi) is 3.76. The highest BCUT2D eigenvalue weighted by Gasteiger charge is 2.30. The molecule has 104 valence electrons. The molecule has 0 aliphatic carbocycles. The normalized spacial score (nSPS) is 14.3. The Bertz CT molecular complexity index is 508. The van der Waals surface area contributed by atoms with Gasteiger partial charge in [0, 0.05) is 10.0 Å². The molecule has 1 aliphatic heterocycles. The van der Waals surface area contributed by atoms with E-state index in [0.29, 0.717) is 13.1 Å². The SMILES string of the molecule is COc1ccc(Br)c2c1CN(C(=O)OC(C)(C)C)C2. The third-order valence-electron chi connectivity index (χ3n) is 2.90. The Morgan fingerprint density at radius 3 is 2.47 bits per heavy atom. The van der Waals surface area contributed by atoms with Crippen LogP contribution in [0.5, 0.6) is 5.75 Å². The second-order valence-electron chi connectivity index (χ2n) is 5.54. The Balaban J connectivity index is 2.20. The molecule has 0 spiro atoms. The van der Waals surface area contributed by atoms with E-state index in [2.05, 4.69) is 15.9 Å². The average molecular weight is 328 g/mol. The molecule has 5 heteroatoms. The summed E-state index contributed by atoms with van der Waals surface area (Å²) in [6.45, 7) is 6.66. The molecule has 1 aromatic rings. The molecule has 0 N–H and O–H groups in total. The van der Waals surface area contributed by atoms with E-state index in [-0.39, 0.29) is 6.09 Å². The van der Waals surface area contributed by atoms with E-state index in [9.17, 15) is 4.79 Å². The highest BCUT2D eigenvalue weighted by Crippen LogP contribution is 2.36. The van der Waals surface area contributed by atoms with Gasteiger partial charge in [0.2, 0.25) is 0 Å². The molecule has 0 unspecified atom stereocenters. The molecule has 4 nitrogen and oxygen atoms in total. The second kappa shape index (κ2) is 5.04. The van der Waals surface area contributed by atoms with Crippen molar-refractivity contribution in [2.24, 2.45) is 0 Å². The number of carbonyl (C=O) groups is 1. The fourth-order valence-corrected chi connectivity index (χ4v) is 2.57. The number of halogens is 1. The standard InChI is InChI=1S/C14H18BrNO3/c1-14(2,3)19-13(17)16-7-9-10(8-16)12(18-4)6-5-11(9)15/h5-6H,7-8H2,1-4H3. The molecule has 0 bridgehead atoms. The van der Waals surface area contributed by atoms with Gasteiger partial charge in [0.1, 0.15) is 11.4 Å². The van der Waals surface area contributed by atoms with Crippen molar-refractivity contribution >= 4 is 22.0 Å². The number of amides is 1. The minimum absolute atomic E-state index is 0.294. The Hall–Kier alpha value is -1.23. The van der Waals surface area contributed by atoms with Crippen LogP contribution in [-0.4, -0.2) is 23.7 Å². The summed E-state index contributed by atoms with van der Waals surface area (Å²) >= 11 is 3.51. The monoisotopic (exact) mass is 327 g/mol. The second-order valence-corrected chi connectivity index (χ2v) is 6.40. The van der Waals surface area contributed by atoms with Gasteiger partial charge >= 0.3 is 6.09 Å². The number of ether oxygens (including phenoxy) is 2. The molecular weight excluding hydrogens is 310 g/mol. The summed E-state index contributed by atoms with van der Waals surface area (Å²) in [5, 5.41) is 0. The number of nitrogens with zero attached hydrogens (tertiary/aromatic N) is 1. The zero-order chi connectivity index (χ0) is 14.2. The van der Waals surface area contributed by atoms with Gasteiger partial charge in [0.25, 0.3) is 0 Å². The quantitative estimate of drug-likeness (QED) is 0.789. The first-order chi connectivity index (χ1) is 8.81. The van der Waals surface area contributed by atoms with E-state index in [1.165, 1.54) is 0 Å². The summed E-state index contributed by atoms with van der Waals surface area (Å²) in [5.74, 6) is 0.809. The van der Waals surface area contributed by atoms with Crippen LogP contribution in [0, 0.1) is 0 Å². The predicted molar refractivity (Wildman–Crippen MR) is 76.2 cm³/mol. The van der Waals surface area contributed by atoms with Crippen LogP contribution in [0.4, 0.5) is 4.79 Å². The number of methoxy groups -OCH3 is 1. The van der Waals surface area contributed by atoms with Crippen LogP contribution in [0.2, 0.25) is 0 Å². The molecule has 1 heterocycles. The maximum Gasteiger partial charge on any atom is 0.410 e. The first-order valence-corrected chi connectivity index (χ1v) is 6.93. The van der Waals surface area contributed by atoms with Crippen molar-refractivity contribution in [3.05, 3.63) is 27.7 Å². The maximum absolute atomic E-state index is 12.1. The van der Waals surface area contributed by atoms with Gasteiger partial charge in [-0.2, -0.15) is 0 Å². The molecule has 0 radical (unpaired) electrons. The van der Waals surface area contributed by atoms with Crippen molar-refractivity contribution in [3.8, 4) is 5.75 Å². The van der Waals surface area contributed by atoms with E-state index >= 15 is 0 Å². The third-order valence-corrected chi connectivity index (χ3v) is 3.64. The third kappa shape index (κ3) is 3.03. The van der Waals surface area contributed by atoms with Crippen molar-refractivity contribution < 1.29 is 14.3 Å². The first kappa shape index (κ1) is 14.2. The van der Waals surface area contributed by atoms with Gasteiger partial charge in [-0.05, 0) is 38.5 Å². The molecule has 0 aromatic heterocycles.